The van der Waals surface area contributed by atoms with Gasteiger partial charge in [-0.15, -0.1) is 12.4 Å². The van der Waals surface area contributed by atoms with Gasteiger partial charge in [0, 0.05) is 19.3 Å². The number of halogens is 1. The van der Waals surface area contributed by atoms with Crippen LogP contribution in [0, 0.1) is 12.3 Å². The van der Waals surface area contributed by atoms with Crippen molar-refractivity contribution in [1.82, 2.24) is 20.0 Å². The molecule has 1 spiro atoms. The van der Waals surface area contributed by atoms with Gasteiger partial charge in [-0.1, -0.05) is 0 Å². The van der Waals surface area contributed by atoms with Crippen molar-refractivity contribution in [3.8, 4) is 0 Å². The molecule has 0 unspecified atom stereocenters. The van der Waals surface area contributed by atoms with Crippen LogP contribution in [-0.2, 0) is 6.54 Å². The summed E-state index contributed by atoms with van der Waals surface area (Å²) < 4.78 is 2.07. The highest BCUT2D eigenvalue weighted by atomic mass is 35.5. The molecule has 108 valence electrons. The minimum Gasteiger partial charge on any atom is -0.317 e. The van der Waals surface area contributed by atoms with Gasteiger partial charge in [0.1, 0.15) is 0 Å². The minimum absolute atomic E-state index is 0. The number of hydrogen-bond acceptors (Lipinski definition) is 3. The summed E-state index contributed by atoms with van der Waals surface area (Å²) in [4.78, 5) is 2.63. The smallest absolute Gasteiger partial charge is 0.0536 e. The van der Waals surface area contributed by atoms with Crippen molar-refractivity contribution in [3.05, 3.63) is 18.0 Å². The van der Waals surface area contributed by atoms with Crippen LogP contribution in [0.3, 0.4) is 0 Å². The molecule has 3 heterocycles. The van der Waals surface area contributed by atoms with Gasteiger partial charge in [0.25, 0.3) is 0 Å². The Balaban J connectivity index is 0.00000133. The molecule has 19 heavy (non-hydrogen) atoms. The summed E-state index contributed by atoms with van der Waals surface area (Å²) >= 11 is 0. The zero-order chi connectivity index (χ0) is 12.4. The lowest BCUT2D eigenvalue weighted by molar-refractivity contribution is 0.193. The van der Waals surface area contributed by atoms with Crippen LogP contribution in [0.25, 0.3) is 0 Å². The highest BCUT2D eigenvalue weighted by Crippen LogP contribution is 2.38. The van der Waals surface area contributed by atoms with Crippen LogP contribution in [0.1, 0.15) is 24.8 Å². The standard InChI is InChI=1S/C14H24N4.ClH/c1-13-10-16-18(11-13)9-8-17-7-4-14(12-17)2-5-15-6-3-14;/h10-11,15H,2-9,12H2,1H3;1H. The quantitative estimate of drug-likeness (QED) is 0.917. The average molecular weight is 285 g/mol. The second kappa shape index (κ2) is 6.25. The normalized spacial score (nSPS) is 22.6. The van der Waals surface area contributed by atoms with Crippen molar-refractivity contribution in [2.45, 2.75) is 32.7 Å². The number of likely N-dealkylation sites (tertiary alicyclic amines) is 1. The molecule has 2 saturated heterocycles. The number of hydrogen-bond donors (Lipinski definition) is 1. The molecule has 4 nitrogen and oxygen atoms in total. The summed E-state index contributed by atoms with van der Waals surface area (Å²) in [6.45, 7) is 9.29. The summed E-state index contributed by atoms with van der Waals surface area (Å²) in [7, 11) is 0. The van der Waals surface area contributed by atoms with Gasteiger partial charge < -0.3 is 10.2 Å². The molecule has 5 heteroatoms. The third kappa shape index (κ3) is 3.50. The van der Waals surface area contributed by atoms with Crippen molar-refractivity contribution >= 4 is 12.4 Å². The van der Waals surface area contributed by atoms with Crippen molar-refractivity contribution in [1.29, 1.82) is 0 Å². The van der Waals surface area contributed by atoms with Crippen molar-refractivity contribution < 1.29 is 0 Å². The number of piperidine rings is 1. The van der Waals surface area contributed by atoms with E-state index in [4.69, 9.17) is 0 Å². The minimum atomic E-state index is 0. The fourth-order valence-corrected chi connectivity index (χ4v) is 3.42. The van der Waals surface area contributed by atoms with Gasteiger partial charge in [0.05, 0.1) is 12.7 Å². The summed E-state index contributed by atoms with van der Waals surface area (Å²) in [5.41, 5.74) is 1.89. The molecule has 0 radical (unpaired) electrons. The van der Waals surface area contributed by atoms with E-state index in [2.05, 4.69) is 33.1 Å². The predicted molar refractivity (Wildman–Crippen MR) is 79.8 cm³/mol. The second-order valence-corrected chi connectivity index (χ2v) is 6.06. The Morgan fingerprint density at radius 1 is 1.26 bits per heavy atom. The van der Waals surface area contributed by atoms with E-state index in [0.717, 1.165) is 13.1 Å². The van der Waals surface area contributed by atoms with Crippen LogP contribution in [0.4, 0.5) is 0 Å². The Kier molecular flexibility index (Phi) is 4.87. The summed E-state index contributed by atoms with van der Waals surface area (Å²) in [6, 6.07) is 0. The van der Waals surface area contributed by atoms with Gasteiger partial charge >= 0.3 is 0 Å². The molecule has 1 aromatic heterocycles. The van der Waals surface area contributed by atoms with E-state index in [1.807, 2.05) is 6.20 Å². The number of aromatic nitrogens is 2. The molecule has 0 aliphatic carbocycles. The van der Waals surface area contributed by atoms with Gasteiger partial charge in [-0.2, -0.15) is 5.10 Å². The molecular weight excluding hydrogens is 260 g/mol. The molecule has 2 fully saturated rings. The molecule has 1 N–H and O–H groups in total. The molecule has 0 aromatic carbocycles. The SMILES string of the molecule is Cc1cnn(CCN2CCC3(CCNCC3)C2)c1.Cl. The van der Waals surface area contributed by atoms with Crippen LogP contribution in [0.15, 0.2) is 12.4 Å². The van der Waals surface area contributed by atoms with Crippen LogP contribution in [0.2, 0.25) is 0 Å². The fraction of sp³-hybridized carbons (Fsp3) is 0.786. The largest absolute Gasteiger partial charge is 0.317 e. The summed E-state index contributed by atoms with van der Waals surface area (Å²) in [5.74, 6) is 0. The maximum absolute atomic E-state index is 4.36. The van der Waals surface area contributed by atoms with E-state index >= 15 is 0 Å². The Labute approximate surface area is 122 Å². The number of nitrogens with one attached hydrogen (secondary N) is 1. The van der Waals surface area contributed by atoms with Gasteiger partial charge in [-0.05, 0) is 56.8 Å². The Morgan fingerprint density at radius 3 is 2.74 bits per heavy atom. The zero-order valence-electron chi connectivity index (χ0n) is 11.8. The Morgan fingerprint density at radius 2 is 2.05 bits per heavy atom. The molecule has 0 bridgehead atoms. The molecule has 3 rings (SSSR count). The second-order valence-electron chi connectivity index (χ2n) is 6.06. The highest BCUT2D eigenvalue weighted by molar-refractivity contribution is 5.85. The van der Waals surface area contributed by atoms with Crippen LogP contribution < -0.4 is 5.32 Å². The number of rotatable bonds is 3. The first-order valence-corrected chi connectivity index (χ1v) is 7.18. The molecule has 0 saturated carbocycles. The maximum atomic E-state index is 4.36. The van der Waals surface area contributed by atoms with Gasteiger partial charge in [-0.25, -0.2) is 0 Å². The topological polar surface area (TPSA) is 33.1 Å². The van der Waals surface area contributed by atoms with Crippen LogP contribution in [0.5, 0.6) is 0 Å². The lowest BCUT2D eigenvalue weighted by atomic mass is 9.78. The predicted octanol–water partition coefficient (Wildman–Crippen LogP) is 1.69. The first-order chi connectivity index (χ1) is 8.76. The Bertz CT molecular complexity index is 398. The molecule has 2 aliphatic rings. The maximum Gasteiger partial charge on any atom is 0.0536 e. The summed E-state index contributed by atoms with van der Waals surface area (Å²) in [5, 5.41) is 7.84. The van der Waals surface area contributed by atoms with E-state index < -0.39 is 0 Å². The van der Waals surface area contributed by atoms with Gasteiger partial charge in [0.2, 0.25) is 0 Å². The zero-order valence-corrected chi connectivity index (χ0v) is 12.6. The van der Waals surface area contributed by atoms with Crippen LogP contribution in [-0.4, -0.2) is 47.4 Å². The Hall–Kier alpha value is -0.580. The first-order valence-electron chi connectivity index (χ1n) is 7.18. The third-order valence-corrected chi connectivity index (χ3v) is 4.59. The fourth-order valence-electron chi connectivity index (χ4n) is 3.42. The van der Waals surface area contributed by atoms with Crippen molar-refractivity contribution in [3.63, 3.8) is 0 Å². The molecule has 2 aliphatic heterocycles. The molecule has 0 atom stereocenters. The third-order valence-electron chi connectivity index (χ3n) is 4.59. The van der Waals surface area contributed by atoms with Gasteiger partial charge in [-0.3, -0.25) is 4.68 Å². The van der Waals surface area contributed by atoms with Crippen LogP contribution >= 0.6 is 12.4 Å². The van der Waals surface area contributed by atoms with Gasteiger partial charge in [0.15, 0.2) is 0 Å². The highest BCUT2D eigenvalue weighted by Gasteiger charge is 2.38. The van der Waals surface area contributed by atoms with E-state index in [1.54, 1.807) is 0 Å². The molecule has 0 amide bonds. The molecule has 1 aromatic rings. The van der Waals surface area contributed by atoms with E-state index in [0.29, 0.717) is 5.41 Å². The van der Waals surface area contributed by atoms with E-state index in [9.17, 15) is 0 Å². The lowest BCUT2D eigenvalue weighted by Crippen LogP contribution is -2.39. The first kappa shape index (κ1) is 14.8. The number of aryl methyl sites for hydroxylation is 1. The average Bonchev–Trinajstić information content (AvgIpc) is 2.96. The molecular formula is C14H25ClN4. The monoisotopic (exact) mass is 284 g/mol. The van der Waals surface area contributed by atoms with E-state index in [1.165, 1.54) is 51.0 Å². The summed E-state index contributed by atoms with van der Waals surface area (Å²) in [6.07, 6.45) is 8.20. The number of nitrogens with zero attached hydrogens (tertiary/aromatic N) is 3. The van der Waals surface area contributed by atoms with Crippen molar-refractivity contribution in [2.75, 3.05) is 32.7 Å². The lowest BCUT2D eigenvalue weighted by Gasteiger charge is -2.33. The van der Waals surface area contributed by atoms with E-state index in [-0.39, 0.29) is 12.4 Å². The van der Waals surface area contributed by atoms with Crippen molar-refractivity contribution in [2.24, 2.45) is 5.41 Å².